The van der Waals surface area contributed by atoms with Gasteiger partial charge in [-0.05, 0) is 51.9 Å². The molecule has 1 aromatic rings. The zero-order valence-electron chi connectivity index (χ0n) is 16.1. The molecule has 6 nitrogen and oxygen atoms in total. The largest absolute Gasteiger partial charge is 0.444 e. The van der Waals surface area contributed by atoms with Crippen molar-refractivity contribution < 1.29 is 18.7 Å². The van der Waals surface area contributed by atoms with Gasteiger partial charge in [-0.15, -0.1) is 0 Å². The Hall–Kier alpha value is -1.86. The van der Waals surface area contributed by atoms with Crippen LogP contribution in [0.5, 0.6) is 0 Å². The number of halogens is 2. The van der Waals surface area contributed by atoms with Gasteiger partial charge in [0.1, 0.15) is 11.4 Å². The quantitative estimate of drug-likeness (QED) is 0.772. The molecule has 1 saturated heterocycles. The van der Waals surface area contributed by atoms with Crippen LogP contribution < -0.4 is 5.32 Å². The van der Waals surface area contributed by atoms with Crippen molar-refractivity contribution in [3.05, 3.63) is 34.6 Å². The van der Waals surface area contributed by atoms with Crippen molar-refractivity contribution in [2.75, 3.05) is 39.3 Å². The van der Waals surface area contributed by atoms with Crippen LogP contribution in [0.3, 0.4) is 0 Å². The Morgan fingerprint density at radius 2 is 1.89 bits per heavy atom. The van der Waals surface area contributed by atoms with E-state index < -0.39 is 17.3 Å². The SMILES string of the molecule is CC(C)(C)OC(=O)N1CCN(CCCNC(=O)c2cc(Cl)ccc2F)CC1. The second kappa shape index (κ2) is 9.37. The number of hydrogen-bond donors (Lipinski definition) is 1. The zero-order chi connectivity index (χ0) is 20.0. The van der Waals surface area contributed by atoms with Crippen molar-refractivity contribution in [1.82, 2.24) is 15.1 Å². The molecule has 0 aliphatic carbocycles. The molecule has 150 valence electrons. The molecule has 8 heteroatoms. The average Bonchev–Trinajstić information content (AvgIpc) is 2.59. The number of carbonyl (C=O) groups excluding carboxylic acids is 2. The van der Waals surface area contributed by atoms with E-state index in [9.17, 15) is 14.0 Å². The van der Waals surface area contributed by atoms with E-state index in [2.05, 4.69) is 10.2 Å². The van der Waals surface area contributed by atoms with Crippen molar-refractivity contribution >= 4 is 23.6 Å². The lowest BCUT2D eigenvalue weighted by molar-refractivity contribution is 0.0144. The summed E-state index contributed by atoms with van der Waals surface area (Å²) in [5.41, 5.74) is -0.539. The molecule has 0 aromatic heterocycles. The Balaban J connectivity index is 1.67. The maximum absolute atomic E-state index is 13.7. The third-order valence-corrected chi connectivity index (χ3v) is 4.37. The molecule has 0 saturated carbocycles. The first kappa shape index (κ1) is 21.4. The summed E-state index contributed by atoms with van der Waals surface area (Å²) in [5.74, 6) is -1.06. The van der Waals surface area contributed by atoms with Crippen LogP contribution in [0.2, 0.25) is 5.02 Å². The van der Waals surface area contributed by atoms with Gasteiger partial charge in [-0.2, -0.15) is 0 Å². The van der Waals surface area contributed by atoms with Crippen molar-refractivity contribution in [3.8, 4) is 0 Å². The fraction of sp³-hybridized carbons (Fsp3) is 0.579. The van der Waals surface area contributed by atoms with Crippen LogP contribution in [-0.2, 0) is 4.74 Å². The van der Waals surface area contributed by atoms with E-state index >= 15 is 0 Å². The third kappa shape index (κ3) is 6.99. The summed E-state index contributed by atoms with van der Waals surface area (Å²) in [5, 5.41) is 3.03. The molecule has 2 amide bonds. The maximum Gasteiger partial charge on any atom is 0.410 e. The van der Waals surface area contributed by atoms with E-state index in [1.165, 1.54) is 18.2 Å². The second-order valence-corrected chi connectivity index (χ2v) is 7.98. The summed E-state index contributed by atoms with van der Waals surface area (Å²) in [6, 6.07) is 3.91. The smallest absolute Gasteiger partial charge is 0.410 e. The molecule has 0 unspecified atom stereocenters. The van der Waals surface area contributed by atoms with E-state index in [1.54, 1.807) is 4.90 Å². The standard InChI is InChI=1S/C19H27ClFN3O3/c1-19(2,3)27-18(26)24-11-9-23(10-12-24)8-4-7-22-17(25)15-13-14(20)5-6-16(15)21/h5-6,13H,4,7-12H2,1-3H3,(H,22,25). The van der Waals surface area contributed by atoms with Gasteiger partial charge in [-0.1, -0.05) is 11.6 Å². The third-order valence-electron chi connectivity index (χ3n) is 4.13. The van der Waals surface area contributed by atoms with Gasteiger partial charge < -0.3 is 15.0 Å². The Bertz CT molecular complexity index is 671. The van der Waals surface area contributed by atoms with Crippen molar-refractivity contribution in [1.29, 1.82) is 0 Å². The number of hydrogen-bond acceptors (Lipinski definition) is 4. The lowest BCUT2D eigenvalue weighted by atomic mass is 10.2. The van der Waals surface area contributed by atoms with Gasteiger partial charge in [-0.3, -0.25) is 9.69 Å². The Kier molecular flexibility index (Phi) is 7.44. The highest BCUT2D eigenvalue weighted by Crippen LogP contribution is 2.15. The highest BCUT2D eigenvalue weighted by atomic mass is 35.5. The van der Waals surface area contributed by atoms with Crippen molar-refractivity contribution in [2.24, 2.45) is 0 Å². The van der Waals surface area contributed by atoms with E-state index in [1.807, 2.05) is 20.8 Å². The topological polar surface area (TPSA) is 61.9 Å². The van der Waals surface area contributed by atoms with Crippen LogP contribution in [-0.4, -0.2) is 66.7 Å². The van der Waals surface area contributed by atoms with E-state index in [0.717, 1.165) is 26.1 Å². The summed E-state index contributed by atoms with van der Waals surface area (Å²) < 4.78 is 19.0. The van der Waals surface area contributed by atoms with Gasteiger partial charge in [-0.25, -0.2) is 9.18 Å². The summed E-state index contributed by atoms with van der Waals surface area (Å²) in [6.45, 7) is 9.55. The first-order valence-electron chi connectivity index (χ1n) is 9.09. The summed E-state index contributed by atoms with van der Waals surface area (Å²) in [4.78, 5) is 28.0. The fourth-order valence-electron chi connectivity index (χ4n) is 2.75. The van der Waals surface area contributed by atoms with E-state index in [-0.39, 0.29) is 11.7 Å². The molecule has 1 aliphatic rings. The number of nitrogens with zero attached hydrogens (tertiary/aromatic N) is 2. The van der Waals surface area contributed by atoms with Crippen LogP contribution in [0.15, 0.2) is 18.2 Å². The molecule has 1 N–H and O–H groups in total. The first-order valence-corrected chi connectivity index (χ1v) is 9.47. The van der Waals surface area contributed by atoms with Crippen molar-refractivity contribution in [3.63, 3.8) is 0 Å². The van der Waals surface area contributed by atoms with Crippen LogP contribution in [0.25, 0.3) is 0 Å². The first-order chi connectivity index (χ1) is 12.7. The number of ether oxygens (including phenoxy) is 1. The molecule has 0 bridgehead atoms. The minimum Gasteiger partial charge on any atom is -0.444 e. The van der Waals surface area contributed by atoms with Gasteiger partial charge >= 0.3 is 6.09 Å². The van der Waals surface area contributed by atoms with Crippen molar-refractivity contribution in [2.45, 2.75) is 32.8 Å². The predicted molar refractivity (Wildman–Crippen MR) is 103 cm³/mol. The summed E-state index contributed by atoms with van der Waals surface area (Å²) >= 11 is 5.80. The Morgan fingerprint density at radius 1 is 1.22 bits per heavy atom. The molecule has 1 aliphatic heterocycles. The van der Waals surface area contributed by atoms with Gasteiger partial charge in [0.25, 0.3) is 5.91 Å². The molecule has 1 heterocycles. The number of rotatable bonds is 5. The van der Waals surface area contributed by atoms with Gasteiger partial charge in [0.15, 0.2) is 0 Å². The van der Waals surface area contributed by atoms with Gasteiger partial charge in [0.05, 0.1) is 5.56 Å². The van der Waals surface area contributed by atoms with Crippen LogP contribution in [0.1, 0.15) is 37.6 Å². The molecule has 0 spiro atoms. The number of benzene rings is 1. The Labute approximate surface area is 164 Å². The predicted octanol–water partition coefficient (Wildman–Crippen LogP) is 3.15. The number of nitrogens with one attached hydrogen (secondary N) is 1. The molecule has 27 heavy (non-hydrogen) atoms. The maximum atomic E-state index is 13.7. The van der Waals surface area contributed by atoms with Gasteiger partial charge in [0, 0.05) is 37.7 Å². The molecule has 2 rings (SSSR count). The number of amides is 2. The van der Waals surface area contributed by atoms with E-state index in [4.69, 9.17) is 16.3 Å². The summed E-state index contributed by atoms with van der Waals surface area (Å²) in [7, 11) is 0. The van der Waals surface area contributed by atoms with E-state index in [0.29, 0.717) is 24.7 Å². The minimum absolute atomic E-state index is 0.0477. The molecule has 0 radical (unpaired) electrons. The van der Waals surface area contributed by atoms with Crippen LogP contribution in [0, 0.1) is 5.82 Å². The van der Waals surface area contributed by atoms with Gasteiger partial charge in [0.2, 0.25) is 0 Å². The zero-order valence-corrected chi connectivity index (χ0v) is 16.8. The molecule has 0 atom stereocenters. The fourth-order valence-corrected chi connectivity index (χ4v) is 2.92. The second-order valence-electron chi connectivity index (χ2n) is 7.54. The lowest BCUT2D eigenvalue weighted by Gasteiger charge is -2.35. The number of carbonyl (C=O) groups is 2. The van der Waals surface area contributed by atoms with Crippen LogP contribution >= 0.6 is 11.6 Å². The molecule has 1 fully saturated rings. The molecular weight excluding hydrogens is 373 g/mol. The molecular formula is C19H27ClFN3O3. The molecule has 1 aromatic carbocycles. The summed E-state index contributed by atoms with van der Waals surface area (Å²) in [6.07, 6.45) is 0.457. The Morgan fingerprint density at radius 3 is 2.52 bits per heavy atom. The average molecular weight is 400 g/mol. The minimum atomic E-state index is -0.588. The normalized spacial score (nSPS) is 15.5. The highest BCUT2D eigenvalue weighted by Gasteiger charge is 2.25. The lowest BCUT2D eigenvalue weighted by Crippen LogP contribution is -2.50. The highest BCUT2D eigenvalue weighted by molar-refractivity contribution is 6.31. The monoisotopic (exact) mass is 399 g/mol. The van der Waals surface area contributed by atoms with Crippen LogP contribution in [0.4, 0.5) is 9.18 Å². The number of piperazine rings is 1.